The molecule has 0 aliphatic heterocycles. The van der Waals surface area contributed by atoms with E-state index in [4.69, 9.17) is 10.00 Å². The van der Waals surface area contributed by atoms with Crippen LogP contribution in [0.5, 0.6) is 5.75 Å². The fourth-order valence-electron chi connectivity index (χ4n) is 1.71. The van der Waals surface area contributed by atoms with Crippen LogP contribution in [0, 0.1) is 23.1 Å². The summed E-state index contributed by atoms with van der Waals surface area (Å²) >= 11 is 0. The lowest BCUT2D eigenvalue weighted by Gasteiger charge is -2.12. The van der Waals surface area contributed by atoms with Gasteiger partial charge in [0.2, 0.25) is 0 Å². The van der Waals surface area contributed by atoms with Crippen molar-refractivity contribution in [3.05, 3.63) is 29.6 Å². The maximum absolute atomic E-state index is 13.5. The highest BCUT2D eigenvalue weighted by Gasteiger charge is 2.22. The Balaban J connectivity index is 2.07. The van der Waals surface area contributed by atoms with Crippen LogP contribution in [0.3, 0.4) is 0 Å². The van der Waals surface area contributed by atoms with E-state index in [9.17, 15) is 4.39 Å². The molecule has 1 aliphatic rings. The van der Waals surface area contributed by atoms with Crippen molar-refractivity contribution >= 4 is 0 Å². The van der Waals surface area contributed by atoms with E-state index in [0.717, 1.165) is 6.54 Å². The maximum atomic E-state index is 13.5. The molecule has 0 amide bonds. The molecule has 4 heteroatoms. The zero-order valence-electron chi connectivity index (χ0n) is 9.74. The van der Waals surface area contributed by atoms with Gasteiger partial charge in [0.05, 0.1) is 13.2 Å². The van der Waals surface area contributed by atoms with Crippen LogP contribution in [0.25, 0.3) is 0 Å². The van der Waals surface area contributed by atoms with Crippen molar-refractivity contribution in [2.24, 2.45) is 5.92 Å². The molecule has 1 N–H and O–H groups in total. The molecule has 1 atom stereocenters. The Kier molecular flexibility index (Phi) is 3.60. The molecule has 17 heavy (non-hydrogen) atoms. The lowest BCUT2D eigenvalue weighted by molar-refractivity contribution is 0.386. The SMILES string of the molecule is COc1ccc(C(C#N)NCC2CC2)cc1F. The van der Waals surface area contributed by atoms with Crippen LogP contribution in [0.15, 0.2) is 18.2 Å². The summed E-state index contributed by atoms with van der Waals surface area (Å²) in [6.07, 6.45) is 2.45. The van der Waals surface area contributed by atoms with Gasteiger partial charge >= 0.3 is 0 Å². The van der Waals surface area contributed by atoms with Gasteiger partial charge in [-0.2, -0.15) is 5.26 Å². The molecule has 0 heterocycles. The highest BCUT2D eigenvalue weighted by molar-refractivity contribution is 5.33. The van der Waals surface area contributed by atoms with Gasteiger partial charge in [-0.3, -0.25) is 5.32 Å². The zero-order valence-corrected chi connectivity index (χ0v) is 9.74. The maximum Gasteiger partial charge on any atom is 0.165 e. The summed E-state index contributed by atoms with van der Waals surface area (Å²) in [5.41, 5.74) is 0.645. The van der Waals surface area contributed by atoms with Crippen molar-refractivity contribution in [1.82, 2.24) is 5.32 Å². The van der Waals surface area contributed by atoms with E-state index < -0.39 is 11.9 Å². The third kappa shape index (κ3) is 2.95. The summed E-state index contributed by atoms with van der Waals surface area (Å²) in [4.78, 5) is 0. The van der Waals surface area contributed by atoms with Crippen LogP contribution in [0.4, 0.5) is 4.39 Å². The summed E-state index contributed by atoms with van der Waals surface area (Å²) in [6.45, 7) is 0.825. The van der Waals surface area contributed by atoms with Gasteiger partial charge in [-0.25, -0.2) is 4.39 Å². The Morgan fingerprint density at radius 3 is 2.88 bits per heavy atom. The summed E-state index contributed by atoms with van der Waals surface area (Å²) in [5.74, 6) is 0.458. The van der Waals surface area contributed by atoms with Crippen molar-refractivity contribution in [3.8, 4) is 11.8 Å². The summed E-state index contributed by atoms with van der Waals surface area (Å²) in [5, 5.41) is 12.2. The Morgan fingerprint density at radius 1 is 1.59 bits per heavy atom. The van der Waals surface area contributed by atoms with E-state index >= 15 is 0 Å². The van der Waals surface area contributed by atoms with Crippen LogP contribution < -0.4 is 10.1 Å². The fourth-order valence-corrected chi connectivity index (χ4v) is 1.71. The molecule has 2 rings (SSSR count). The summed E-state index contributed by atoms with van der Waals surface area (Å²) in [7, 11) is 1.42. The average Bonchev–Trinajstić information content (AvgIpc) is 3.14. The van der Waals surface area contributed by atoms with Crippen LogP contribution in [0.2, 0.25) is 0 Å². The first kappa shape index (κ1) is 11.9. The van der Waals surface area contributed by atoms with Crippen molar-refractivity contribution in [3.63, 3.8) is 0 Å². The van der Waals surface area contributed by atoms with E-state index in [0.29, 0.717) is 11.5 Å². The second kappa shape index (κ2) is 5.15. The van der Waals surface area contributed by atoms with Crippen molar-refractivity contribution in [2.75, 3.05) is 13.7 Å². The third-order valence-electron chi connectivity index (χ3n) is 2.95. The van der Waals surface area contributed by atoms with E-state index in [1.165, 1.54) is 26.0 Å². The van der Waals surface area contributed by atoms with E-state index in [-0.39, 0.29) is 5.75 Å². The second-order valence-corrected chi connectivity index (χ2v) is 4.31. The number of nitrogens with zero attached hydrogens (tertiary/aromatic N) is 1. The number of hydrogen-bond donors (Lipinski definition) is 1. The largest absolute Gasteiger partial charge is 0.494 e. The van der Waals surface area contributed by atoms with Gasteiger partial charge in [-0.05, 0) is 43.0 Å². The van der Waals surface area contributed by atoms with Crippen molar-refractivity contribution < 1.29 is 9.13 Å². The van der Waals surface area contributed by atoms with Gasteiger partial charge in [0.15, 0.2) is 11.6 Å². The number of halogens is 1. The van der Waals surface area contributed by atoms with Crippen LogP contribution in [-0.4, -0.2) is 13.7 Å². The molecule has 0 saturated heterocycles. The lowest BCUT2D eigenvalue weighted by atomic mass is 10.1. The number of ether oxygens (including phenoxy) is 1. The number of rotatable bonds is 5. The van der Waals surface area contributed by atoms with Crippen molar-refractivity contribution in [2.45, 2.75) is 18.9 Å². The van der Waals surface area contributed by atoms with Gasteiger partial charge < -0.3 is 4.74 Å². The Bertz CT molecular complexity index is 438. The Morgan fingerprint density at radius 2 is 2.35 bits per heavy atom. The third-order valence-corrected chi connectivity index (χ3v) is 2.95. The van der Waals surface area contributed by atoms with E-state index in [2.05, 4.69) is 11.4 Å². The second-order valence-electron chi connectivity index (χ2n) is 4.31. The number of methoxy groups -OCH3 is 1. The molecule has 0 bridgehead atoms. The topological polar surface area (TPSA) is 45.0 Å². The molecule has 1 aromatic rings. The standard InChI is InChI=1S/C13H15FN2O/c1-17-13-5-4-10(6-11(13)14)12(7-15)16-8-9-2-3-9/h4-6,9,12,16H,2-3,8H2,1H3. The van der Waals surface area contributed by atoms with Crippen molar-refractivity contribution in [1.29, 1.82) is 5.26 Å². The van der Waals surface area contributed by atoms with Gasteiger partial charge in [0, 0.05) is 0 Å². The highest BCUT2D eigenvalue weighted by Crippen LogP contribution is 2.29. The minimum Gasteiger partial charge on any atom is -0.494 e. The first-order chi connectivity index (χ1) is 8.24. The Labute approximate surface area is 100 Å². The predicted octanol–water partition coefficient (Wildman–Crippen LogP) is 2.40. The quantitative estimate of drug-likeness (QED) is 0.850. The average molecular weight is 234 g/mol. The monoisotopic (exact) mass is 234 g/mol. The molecule has 1 fully saturated rings. The van der Waals surface area contributed by atoms with E-state index in [1.54, 1.807) is 12.1 Å². The van der Waals surface area contributed by atoms with Gasteiger partial charge in [0.25, 0.3) is 0 Å². The zero-order chi connectivity index (χ0) is 12.3. The number of nitriles is 1. The fraction of sp³-hybridized carbons (Fsp3) is 0.462. The minimum atomic E-state index is -0.448. The summed E-state index contributed by atoms with van der Waals surface area (Å²) in [6, 6.07) is 6.32. The van der Waals surface area contributed by atoms with Crippen LogP contribution in [0.1, 0.15) is 24.4 Å². The molecule has 1 unspecified atom stereocenters. The number of benzene rings is 1. The van der Waals surface area contributed by atoms with Crippen LogP contribution >= 0.6 is 0 Å². The highest BCUT2D eigenvalue weighted by atomic mass is 19.1. The van der Waals surface area contributed by atoms with Gasteiger partial charge in [-0.15, -0.1) is 0 Å². The number of hydrogen-bond acceptors (Lipinski definition) is 3. The first-order valence-corrected chi connectivity index (χ1v) is 5.71. The molecular formula is C13H15FN2O. The molecule has 0 spiro atoms. The van der Waals surface area contributed by atoms with E-state index in [1.807, 2.05) is 0 Å². The normalized spacial score (nSPS) is 16.3. The lowest BCUT2D eigenvalue weighted by Crippen LogP contribution is -2.22. The molecule has 0 aromatic heterocycles. The first-order valence-electron chi connectivity index (χ1n) is 5.71. The van der Waals surface area contributed by atoms with Gasteiger partial charge in [0.1, 0.15) is 6.04 Å². The smallest absolute Gasteiger partial charge is 0.165 e. The number of nitrogens with one attached hydrogen (secondary N) is 1. The van der Waals surface area contributed by atoms with Crippen LogP contribution in [-0.2, 0) is 0 Å². The Hall–Kier alpha value is -1.60. The summed E-state index contributed by atoms with van der Waals surface area (Å²) < 4.78 is 18.3. The minimum absolute atomic E-state index is 0.202. The molecule has 1 saturated carbocycles. The molecule has 1 aromatic carbocycles. The molecule has 3 nitrogen and oxygen atoms in total. The molecule has 0 radical (unpaired) electrons. The van der Waals surface area contributed by atoms with Gasteiger partial charge in [-0.1, -0.05) is 6.07 Å². The molecule has 1 aliphatic carbocycles. The predicted molar refractivity (Wildman–Crippen MR) is 62.0 cm³/mol. The molecule has 90 valence electrons. The molecular weight excluding hydrogens is 219 g/mol.